The Hall–Kier alpha value is -1.47. The van der Waals surface area contributed by atoms with Crippen molar-refractivity contribution >= 4 is 22.3 Å². The Morgan fingerprint density at radius 3 is 2.70 bits per heavy atom. The molecule has 0 saturated carbocycles. The summed E-state index contributed by atoms with van der Waals surface area (Å²) in [6, 6.07) is -2.51. The van der Waals surface area contributed by atoms with Gasteiger partial charge in [-0.25, -0.2) is 4.79 Å². The van der Waals surface area contributed by atoms with E-state index in [0.717, 1.165) is 0 Å². The summed E-state index contributed by atoms with van der Waals surface area (Å²) in [5.41, 5.74) is 0. The van der Waals surface area contributed by atoms with Gasteiger partial charge in [-0.3, -0.25) is 9.35 Å². The molecule has 3 aliphatic heterocycles. The van der Waals surface area contributed by atoms with Crippen molar-refractivity contribution in [2.75, 3.05) is 19.6 Å². The normalized spacial score (nSPS) is 34.1. The molecule has 0 aromatic heterocycles. The van der Waals surface area contributed by atoms with Gasteiger partial charge in [-0.1, -0.05) is 0 Å². The maximum Gasteiger partial charge on any atom is 0.418 e. The number of aliphatic hydroxyl groups is 1. The molecule has 0 aliphatic carbocycles. The molecule has 4 atom stereocenters. The van der Waals surface area contributed by atoms with E-state index in [9.17, 15) is 23.1 Å². The van der Waals surface area contributed by atoms with E-state index in [1.807, 2.05) is 0 Å². The molecular formula is C11H18N4O7S. The Morgan fingerprint density at radius 2 is 2.09 bits per heavy atom. The summed E-state index contributed by atoms with van der Waals surface area (Å²) >= 11 is 0. The van der Waals surface area contributed by atoms with Gasteiger partial charge in [-0.05, 0) is 12.8 Å². The third-order valence-corrected chi connectivity index (χ3v) is 4.66. The molecule has 3 heterocycles. The Bertz CT molecular complexity index is 611. The van der Waals surface area contributed by atoms with Gasteiger partial charge in [0.05, 0.1) is 18.2 Å². The number of amides is 3. The number of aliphatic hydroxyl groups excluding tert-OH is 1. The third-order valence-electron chi connectivity index (χ3n) is 4.31. The van der Waals surface area contributed by atoms with E-state index in [1.54, 1.807) is 0 Å². The Morgan fingerprint density at radius 1 is 1.35 bits per heavy atom. The van der Waals surface area contributed by atoms with E-state index < -0.39 is 46.6 Å². The average molecular weight is 350 g/mol. The fraction of sp³-hybridized carbons (Fsp3) is 0.818. The van der Waals surface area contributed by atoms with Crippen LogP contribution in [0.4, 0.5) is 4.79 Å². The summed E-state index contributed by atoms with van der Waals surface area (Å²) in [5.74, 6) is -0.404. The van der Waals surface area contributed by atoms with Crippen LogP contribution in [-0.2, 0) is 19.5 Å². The van der Waals surface area contributed by atoms with Gasteiger partial charge in [0.25, 0.3) is 0 Å². The van der Waals surface area contributed by atoms with Gasteiger partial charge >= 0.3 is 16.4 Å². The van der Waals surface area contributed by atoms with E-state index >= 15 is 0 Å². The second-order valence-electron chi connectivity index (χ2n) is 5.85. The van der Waals surface area contributed by atoms with Crippen molar-refractivity contribution in [3.05, 3.63) is 0 Å². The number of nitrogens with zero attached hydrogens (tertiary/aromatic N) is 2. The molecule has 0 aromatic rings. The van der Waals surface area contributed by atoms with Crippen LogP contribution < -0.4 is 10.6 Å². The standard InChI is InChI=1S/C11H18N4O7S/c16-9-4-12-3-7(9)13-10(17)8-2-1-6-5-14(8)11(18)15(6)22-23(19,20)21/h6-9,12,16H,1-5H2,(H,13,17)(H,19,20,21)/t6?,7-,8?,9-/m1/s1. The van der Waals surface area contributed by atoms with Crippen LogP contribution in [0, 0.1) is 0 Å². The van der Waals surface area contributed by atoms with Gasteiger partial charge < -0.3 is 20.6 Å². The summed E-state index contributed by atoms with van der Waals surface area (Å²) in [7, 11) is -4.81. The van der Waals surface area contributed by atoms with Crippen LogP contribution in [0.15, 0.2) is 0 Å². The molecule has 3 amide bonds. The third kappa shape index (κ3) is 3.26. The minimum absolute atomic E-state index is 0.137. The minimum Gasteiger partial charge on any atom is -0.390 e. The van der Waals surface area contributed by atoms with Gasteiger partial charge in [0.15, 0.2) is 0 Å². The average Bonchev–Trinajstić information content (AvgIpc) is 2.96. The van der Waals surface area contributed by atoms with Crippen molar-refractivity contribution in [1.29, 1.82) is 0 Å². The summed E-state index contributed by atoms with van der Waals surface area (Å²) < 4.78 is 34.6. The van der Waals surface area contributed by atoms with Crippen molar-refractivity contribution in [2.45, 2.75) is 37.1 Å². The number of fused-ring (bicyclic) bond motifs is 2. The zero-order valence-corrected chi connectivity index (χ0v) is 12.9. The Kier molecular flexibility index (Phi) is 4.18. The predicted octanol–water partition coefficient (Wildman–Crippen LogP) is -2.56. The number of carbonyl (C=O) groups excluding carboxylic acids is 2. The highest BCUT2D eigenvalue weighted by Crippen LogP contribution is 2.30. The molecule has 11 nitrogen and oxygen atoms in total. The van der Waals surface area contributed by atoms with Gasteiger partial charge in [-0.15, -0.1) is 4.28 Å². The van der Waals surface area contributed by atoms with Crippen LogP contribution in [0.1, 0.15) is 12.8 Å². The lowest BCUT2D eigenvalue weighted by molar-refractivity contribution is -0.127. The molecule has 23 heavy (non-hydrogen) atoms. The van der Waals surface area contributed by atoms with Gasteiger partial charge in [0.2, 0.25) is 5.91 Å². The number of hydrogen-bond donors (Lipinski definition) is 4. The van der Waals surface area contributed by atoms with E-state index in [2.05, 4.69) is 14.9 Å². The molecule has 3 fully saturated rings. The first-order valence-electron chi connectivity index (χ1n) is 7.22. The number of rotatable bonds is 4. The van der Waals surface area contributed by atoms with Crippen molar-refractivity contribution in [3.63, 3.8) is 0 Å². The molecule has 2 unspecified atom stereocenters. The highest BCUT2D eigenvalue weighted by molar-refractivity contribution is 7.80. The fourth-order valence-corrected chi connectivity index (χ4v) is 3.58. The van der Waals surface area contributed by atoms with E-state index in [4.69, 9.17) is 4.55 Å². The zero-order valence-electron chi connectivity index (χ0n) is 12.1. The largest absolute Gasteiger partial charge is 0.418 e. The fourth-order valence-electron chi connectivity index (χ4n) is 3.20. The molecule has 3 aliphatic rings. The molecule has 3 rings (SSSR count). The van der Waals surface area contributed by atoms with E-state index in [-0.39, 0.29) is 6.54 Å². The Balaban J connectivity index is 1.67. The lowest BCUT2D eigenvalue weighted by Gasteiger charge is -2.30. The number of piperidine rings is 1. The second-order valence-corrected chi connectivity index (χ2v) is 6.86. The first-order chi connectivity index (χ1) is 10.8. The van der Waals surface area contributed by atoms with Crippen LogP contribution in [0.2, 0.25) is 0 Å². The van der Waals surface area contributed by atoms with Crippen molar-refractivity contribution in [2.24, 2.45) is 0 Å². The predicted molar refractivity (Wildman–Crippen MR) is 74.2 cm³/mol. The van der Waals surface area contributed by atoms with Crippen LogP contribution in [-0.4, -0.2) is 83.8 Å². The minimum atomic E-state index is -4.81. The maximum absolute atomic E-state index is 12.4. The highest BCUT2D eigenvalue weighted by Gasteiger charge is 2.49. The first-order valence-corrected chi connectivity index (χ1v) is 8.59. The summed E-state index contributed by atoms with van der Waals surface area (Å²) in [4.78, 5) is 25.8. The summed E-state index contributed by atoms with van der Waals surface area (Å²) in [6.45, 7) is 0.961. The molecular weight excluding hydrogens is 332 g/mol. The van der Waals surface area contributed by atoms with E-state index in [1.165, 1.54) is 4.90 Å². The lowest BCUT2D eigenvalue weighted by atomic mass is 10.00. The molecule has 2 bridgehead atoms. The molecule has 12 heteroatoms. The Labute approximate surface area is 132 Å². The SMILES string of the molecule is O=C(N[C@@H]1CNC[C@H]1O)C1CCC2CN1C(=O)N2OS(=O)(=O)O. The van der Waals surface area contributed by atoms with Crippen molar-refractivity contribution in [3.8, 4) is 0 Å². The van der Waals surface area contributed by atoms with E-state index in [0.29, 0.717) is 31.0 Å². The molecule has 4 N–H and O–H groups in total. The number of hydroxylamine groups is 2. The highest BCUT2D eigenvalue weighted by atomic mass is 32.3. The van der Waals surface area contributed by atoms with Crippen molar-refractivity contribution < 1.29 is 31.9 Å². The summed E-state index contributed by atoms with van der Waals surface area (Å²) in [6.07, 6.45) is 0.00874. The smallest absolute Gasteiger partial charge is 0.390 e. The lowest BCUT2D eigenvalue weighted by Crippen LogP contribution is -2.54. The van der Waals surface area contributed by atoms with Crippen molar-refractivity contribution in [1.82, 2.24) is 20.6 Å². The number of carbonyl (C=O) groups is 2. The van der Waals surface area contributed by atoms with Crippen LogP contribution in [0.3, 0.4) is 0 Å². The number of β-amino-alcohol motifs (C(OH)–C–C–N with tert-alkyl or cyclic N) is 1. The van der Waals surface area contributed by atoms with Gasteiger partial charge in [0.1, 0.15) is 6.04 Å². The summed E-state index contributed by atoms with van der Waals surface area (Å²) in [5, 5.41) is 15.9. The second kappa shape index (κ2) is 5.87. The van der Waals surface area contributed by atoms with Crippen LogP contribution >= 0.6 is 0 Å². The van der Waals surface area contributed by atoms with Gasteiger partial charge in [0, 0.05) is 19.6 Å². The number of urea groups is 1. The maximum atomic E-state index is 12.4. The number of nitrogens with one attached hydrogen (secondary N) is 2. The zero-order chi connectivity index (χ0) is 16.8. The van der Waals surface area contributed by atoms with Crippen LogP contribution in [0.25, 0.3) is 0 Å². The van der Waals surface area contributed by atoms with Gasteiger partial charge in [-0.2, -0.15) is 13.5 Å². The first kappa shape index (κ1) is 16.4. The molecule has 3 saturated heterocycles. The molecule has 130 valence electrons. The quantitative estimate of drug-likeness (QED) is 0.405. The molecule has 0 spiro atoms. The van der Waals surface area contributed by atoms with Crippen LogP contribution in [0.5, 0.6) is 0 Å². The molecule has 0 aromatic carbocycles. The topological polar surface area (TPSA) is 149 Å². The molecule has 0 radical (unpaired) electrons. The number of hydrogen-bond acceptors (Lipinski definition) is 7. The monoisotopic (exact) mass is 350 g/mol.